The Kier molecular flexibility index (Phi) is 1.29. The van der Waals surface area contributed by atoms with Crippen molar-refractivity contribution in [3.05, 3.63) is 12.2 Å². The summed E-state index contributed by atoms with van der Waals surface area (Å²) in [5.74, 6) is -0.665. The second kappa shape index (κ2) is 2.08. The molecule has 1 saturated carbocycles. The van der Waals surface area contributed by atoms with Crippen molar-refractivity contribution in [2.75, 3.05) is 0 Å². The van der Waals surface area contributed by atoms with Gasteiger partial charge in [-0.2, -0.15) is 0 Å². The van der Waals surface area contributed by atoms with Gasteiger partial charge in [0.1, 0.15) is 0 Å². The molecule has 2 rings (SSSR count). The highest BCUT2D eigenvalue weighted by Crippen LogP contribution is 2.41. The Labute approximate surface area is 64.9 Å². The molecule has 3 nitrogen and oxygen atoms in total. The average Bonchev–Trinajstić information content (AvgIpc) is 2.44. The summed E-state index contributed by atoms with van der Waals surface area (Å²) >= 11 is 0. The molecule has 0 spiro atoms. The van der Waals surface area contributed by atoms with E-state index in [0.717, 1.165) is 6.42 Å². The van der Waals surface area contributed by atoms with Gasteiger partial charge in [-0.15, -0.1) is 0 Å². The Morgan fingerprint density at radius 3 is 2.45 bits per heavy atom. The molecule has 3 N–H and O–H groups in total. The molecule has 4 atom stereocenters. The van der Waals surface area contributed by atoms with Crippen molar-refractivity contribution < 1.29 is 15.6 Å². The highest BCUT2D eigenvalue weighted by molar-refractivity contribution is 5.70. The first-order chi connectivity index (χ1) is 5.20. The molecular weight excluding hydrogens is 142 g/mol. The first-order valence-electron chi connectivity index (χ1n) is 3.92. The van der Waals surface area contributed by atoms with Gasteiger partial charge < -0.3 is 15.6 Å². The first kappa shape index (κ1) is 6.85. The number of allylic oxidation sites excluding steroid dienone is 1. The number of rotatable bonds is 1. The predicted octanol–water partition coefficient (Wildman–Crippen LogP) is -1.83. The van der Waals surface area contributed by atoms with Crippen LogP contribution < -0.4 is 10.8 Å². The van der Waals surface area contributed by atoms with Crippen molar-refractivity contribution in [3.63, 3.8) is 0 Å². The van der Waals surface area contributed by atoms with Crippen LogP contribution in [0.4, 0.5) is 0 Å². The van der Waals surface area contributed by atoms with Gasteiger partial charge in [0, 0.05) is 5.92 Å². The van der Waals surface area contributed by atoms with Crippen LogP contribution in [0.25, 0.3) is 0 Å². The smallest absolute Gasteiger partial charge is 0.0994 e. The fourth-order valence-electron chi connectivity index (χ4n) is 2.27. The van der Waals surface area contributed by atoms with Crippen molar-refractivity contribution in [3.8, 4) is 0 Å². The van der Waals surface area contributed by atoms with Crippen LogP contribution in [-0.4, -0.2) is 12.0 Å². The largest absolute Gasteiger partial charge is 0.550 e. The van der Waals surface area contributed by atoms with E-state index in [1.165, 1.54) is 0 Å². The van der Waals surface area contributed by atoms with E-state index in [9.17, 15) is 9.90 Å². The molecule has 2 aliphatic carbocycles. The van der Waals surface area contributed by atoms with Crippen LogP contribution in [0.3, 0.4) is 0 Å². The molecule has 2 bridgehead atoms. The van der Waals surface area contributed by atoms with Crippen molar-refractivity contribution in [1.29, 1.82) is 0 Å². The highest BCUT2D eigenvalue weighted by Gasteiger charge is 2.45. The lowest BCUT2D eigenvalue weighted by Crippen LogP contribution is -2.68. The lowest BCUT2D eigenvalue weighted by atomic mass is 9.90. The number of hydrogen-bond acceptors (Lipinski definition) is 2. The molecule has 60 valence electrons. The van der Waals surface area contributed by atoms with E-state index < -0.39 is 5.97 Å². The van der Waals surface area contributed by atoms with E-state index in [-0.39, 0.29) is 17.9 Å². The van der Waals surface area contributed by atoms with Crippen LogP contribution in [0.1, 0.15) is 6.42 Å². The molecule has 1 fully saturated rings. The number of fused-ring (bicyclic) bond motifs is 2. The lowest BCUT2D eigenvalue weighted by Gasteiger charge is -2.22. The maximum Gasteiger partial charge on any atom is 0.0994 e. The molecule has 0 saturated heterocycles. The summed E-state index contributed by atoms with van der Waals surface area (Å²) in [5, 5.41) is 10.6. The van der Waals surface area contributed by atoms with Crippen molar-refractivity contribution >= 4 is 5.97 Å². The Hall–Kier alpha value is -0.830. The van der Waals surface area contributed by atoms with Gasteiger partial charge in [-0.1, -0.05) is 12.2 Å². The van der Waals surface area contributed by atoms with Gasteiger partial charge in [-0.05, 0) is 12.3 Å². The Balaban J connectivity index is 2.25. The highest BCUT2D eigenvalue weighted by atomic mass is 16.4. The van der Waals surface area contributed by atoms with E-state index in [4.69, 9.17) is 0 Å². The number of quaternary nitrogens is 1. The van der Waals surface area contributed by atoms with E-state index in [2.05, 4.69) is 11.8 Å². The topological polar surface area (TPSA) is 67.8 Å². The second-order valence-corrected chi connectivity index (χ2v) is 3.46. The van der Waals surface area contributed by atoms with Crippen LogP contribution in [0, 0.1) is 17.8 Å². The summed E-state index contributed by atoms with van der Waals surface area (Å²) in [6.45, 7) is 0. The number of carbonyl (C=O) groups excluding carboxylic acids is 1. The van der Waals surface area contributed by atoms with Crippen LogP contribution in [0.15, 0.2) is 12.2 Å². The zero-order valence-corrected chi connectivity index (χ0v) is 6.19. The Morgan fingerprint density at radius 2 is 2.09 bits per heavy atom. The normalized spacial score (nSPS) is 46.6. The minimum atomic E-state index is -0.929. The fraction of sp³-hybridized carbons (Fsp3) is 0.625. The van der Waals surface area contributed by atoms with Gasteiger partial charge in [-0.25, -0.2) is 0 Å². The quantitative estimate of drug-likeness (QED) is 0.450. The molecule has 0 heterocycles. The molecule has 0 aromatic rings. The van der Waals surface area contributed by atoms with Gasteiger partial charge in [0.15, 0.2) is 0 Å². The monoisotopic (exact) mass is 153 g/mol. The summed E-state index contributed by atoms with van der Waals surface area (Å²) < 4.78 is 0. The van der Waals surface area contributed by atoms with E-state index in [1.807, 2.05) is 6.08 Å². The van der Waals surface area contributed by atoms with Crippen LogP contribution in [0.5, 0.6) is 0 Å². The summed E-state index contributed by atoms with van der Waals surface area (Å²) in [4.78, 5) is 10.6. The molecular formula is C8H11NO2. The number of carbonyl (C=O) groups is 1. The molecule has 2 aliphatic rings. The summed E-state index contributed by atoms with van der Waals surface area (Å²) in [5.41, 5.74) is 3.85. The van der Waals surface area contributed by atoms with Gasteiger partial charge in [0.2, 0.25) is 0 Å². The van der Waals surface area contributed by atoms with Crippen molar-refractivity contribution in [2.45, 2.75) is 12.5 Å². The van der Waals surface area contributed by atoms with Gasteiger partial charge in [0.25, 0.3) is 0 Å². The zero-order chi connectivity index (χ0) is 8.01. The van der Waals surface area contributed by atoms with Gasteiger partial charge in [-0.3, -0.25) is 0 Å². The minimum Gasteiger partial charge on any atom is -0.550 e. The van der Waals surface area contributed by atoms with Gasteiger partial charge >= 0.3 is 0 Å². The standard InChI is InChI=1S/C8H11NO2/c9-7-5-2-1-4(3-5)6(7)8(10)11/h1-2,4-7H,3,9H2,(H,10,11)/t4-,5+,6-,7+/m1/s1. The summed E-state index contributed by atoms with van der Waals surface area (Å²) in [6.07, 6.45) is 5.04. The molecule has 0 aromatic heterocycles. The summed E-state index contributed by atoms with van der Waals surface area (Å²) in [6, 6.07) is 0.0370. The first-order valence-corrected chi connectivity index (χ1v) is 3.92. The predicted molar refractivity (Wildman–Crippen MR) is 35.9 cm³/mol. The molecule has 11 heavy (non-hydrogen) atoms. The minimum absolute atomic E-state index is 0.0370. The Bertz CT molecular complexity index is 224. The number of aliphatic carboxylic acids is 1. The van der Waals surface area contributed by atoms with Crippen molar-refractivity contribution in [2.24, 2.45) is 17.8 Å². The van der Waals surface area contributed by atoms with Gasteiger partial charge in [0.05, 0.1) is 17.9 Å². The third kappa shape index (κ3) is 0.807. The van der Waals surface area contributed by atoms with Crippen LogP contribution >= 0.6 is 0 Å². The molecule has 3 heteroatoms. The SMILES string of the molecule is [NH3+][C@@H]1[C@H](C(=O)[O-])[C@@H]2C=C[C@H]1C2. The maximum atomic E-state index is 10.6. The maximum absolute atomic E-state index is 10.6. The molecule has 0 aromatic carbocycles. The summed E-state index contributed by atoms with van der Waals surface area (Å²) in [7, 11) is 0. The van der Waals surface area contributed by atoms with Crippen LogP contribution in [-0.2, 0) is 4.79 Å². The number of carboxylic acid groups (broad SMARTS) is 1. The van der Waals surface area contributed by atoms with E-state index >= 15 is 0 Å². The van der Waals surface area contributed by atoms with Crippen molar-refractivity contribution in [1.82, 2.24) is 0 Å². The second-order valence-electron chi connectivity index (χ2n) is 3.46. The third-order valence-electron chi connectivity index (χ3n) is 2.89. The zero-order valence-electron chi connectivity index (χ0n) is 6.19. The molecule has 0 aliphatic heterocycles. The average molecular weight is 153 g/mol. The van der Waals surface area contributed by atoms with E-state index in [1.54, 1.807) is 0 Å². The fourth-order valence-corrected chi connectivity index (χ4v) is 2.27. The lowest BCUT2D eigenvalue weighted by molar-refractivity contribution is -0.440. The number of hydrogen-bond donors (Lipinski definition) is 1. The Morgan fingerprint density at radius 1 is 1.45 bits per heavy atom. The third-order valence-corrected chi connectivity index (χ3v) is 2.89. The molecule has 0 radical (unpaired) electrons. The molecule has 0 unspecified atom stereocenters. The molecule has 0 amide bonds. The number of carboxylic acids is 1. The van der Waals surface area contributed by atoms with E-state index in [0.29, 0.717) is 5.92 Å². The van der Waals surface area contributed by atoms with Crippen LogP contribution in [0.2, 0.25) is 0 Å².